The van der Waals surface area contributed by atoms with Crippen LogP contribution in [0.1, 0.15) is 23.1 Å². The average molecular weight is 359 g/mol. The minimum atomic E-state index is -0.239. The summed E-state index contributed by atoms with van der Waals surface area (Å²) in [6, 6.07) is 14.4. The Labute approximate surface area is 149 Å². The third-order valence-corrected chi connectivity index (χ3v) is 3.87. The van der Waals surface area contributed by atoms with Gasteiger partial charge in [-0.2, -0.15) is 4.98 Å². The Bertz CT molecular complexity index is 994. The fraction of sp³-hybridized carbons (Fsp3) is 0.167. The van der Waals surface area contributed by atoms with E-state index in [9.17, 15) is 4.39 Å². The number of para-hydroxylation sites is 2. The molecule has 2 heterocycles. The lowest BCUT2D eigenvalue weighted by atomic mass is 10.2. The van der Waals surface area contributed by atoms with Crippen LogP contribution in [0.5, 0.6) is 0 Å². The van der Waals surface area contributed by atoms with Gasteiger partial charge in [0.05, 0.1) is 17.5 Å². The van der Waals surface area contributed by atoms with Gasteiger partial charge in [-0.1, -0.05) is 29.4 Å². The van der Waals surface area contributed by atoms with Gasteiger partial charge >= 0.3 is 0 Å². The van der Waals surface area contributed by atoms with Crippen molar-refractivity contribution < 1.29 is 8.91 Å². The summed E-state index contributed by atoms with van der Waals surface area (Å²) < 4.78 is 20.3. The molecule has 0 atom stereocenters. The number of benzene rings is 2. The highest BCUT2D eigenvalue weighted by Crippen LogP contribution is 2.20. The van der Waals surface area contributed by atoms with Crippen LogP contribution in [0.25, 0.3) is 11.0 Å². The van der Waals surface area contributed by atoms with Crippen molar-refractivity contribution in [1.29, 1.82) is 0 Å². The van der Waals surface area contributed by atoms with Gasteiger partial charge in [-0.3, -0.25) is 0 Å². The Morgan fingerprint density at radius 1 is 1.04 bits per heavy atom. The van der Waals surface area contributed by atoms with E-state index in [0.29, 0.717) is 24.7 Å². The number of hydrogen-bond acceptors (Lipinski definition) is 4. The maximum Gasteiger partial charge on any atom is 0.223 e. The van der Waals surface area contributed by atoms with Gasteiger partial charge in [0.25, 0.3) is 0 Å². The summed E-state index contributed by atoms with van der Waals surface area (Å²) in [6.45, 7) is 2.37. The molecule has 0 N–H and O–H groups in total. The second-order valence-corrected chi connectivity index (χ2v) is 5.64. The summed E-state index contributed by atoms with van der Waals surface area (Å²) in [4.78, 5) is 8.95. The van der Waals surface area contributed by atoms with Crippen molar-refractivity contribution in [2.45, 2.75) is 19.9 Å². The average Bonchev–Trinajstić information content (AvgIpc) is 3.14. The molecule has 0 aliphatic heterocycles. The van der Waals surface area contributed by atoms with Crippen molar-refractivity contribution in [3.05, 3.63) is 77.5 Å². The zero-order valence-corrected chi connectivity index (χ0v) is 14.3. The van der Waals surface area contributed by atoms with Crippen LogP contribution < -0.4 is 0 Å². The molecule has 2 aromatic carbocycles. The molecule has 0 fully saturated rings. The van der Waals surface area contributed by atoms with Crippen molar-refractivity contribution in [2.75, 3.05) is 0 Å². The first-order valence-corrected chi connectivity index (χ1v) is 7.67. The SMILES string of the molecule is Cc1nc(Cc2nc3ccccc3n2Cc2ccc(F)cc2)no1.Cl. The fourth-order valence-corrected chi connectivity index (χ4v) is 2.76. The summed E-state index contributed by atoms with van der Waals surface area (Å²) in [5, 5.41) is 3.95. The molecule has 2 aromatic heterocycles. The Balaban J connectivity index is 0.00000182. The van der Waals surface area contributed by atoms with E-state index in [4.69, 9.17) is 9.51 Å². The lowest BCUT2D eigenvalue weighted by Gasteiger charge is -2.08. The number of nitrogens with zero attached hydrogens (tertiary/aromatic N) is 4. The van der Waals surface area contributed by atoms with E-state index in [0.717, 1.165) is 22.4 Å². The first kappa shape index (κ1) is 17.1. The van der Waals surface area contributed by atoms with E-state index in [2.05, 4.69) is 14.7 Å². The van der Waals surface area contributed by atoms with Crippen molar-refractivity contribution in [1.82, 2.24) is 19.7 Å². The summed E-state index contributed by atoms with van der Waals surface area (Å²) in [7, 11) is 0. The minimum absolute atomic E-state index is 0. The van der Waals surface area contributed by atoms with Crippen LogP contribution in [0.4, 0.5) is 4.39 Å². The molecule has 0 spiro atoms. The quantitative estimate of drug-likeness (QED) is 0.554. The minimum Gasteiger partial charge on any atom is -0.340 e. The molecule has 0 bridgehead atoms. The highest BCUT2D eigenvalue weighted by molar-refractivity contribution is 5.85. The zero-order chi connectivity index (χ0) is 16.5. The number of aromatic nitrogens is 4. The predicted octanol–water partition coefficient (Wildman–Crippen LogP) is 3.93. The number of halogens is 2. The van der Waals surface area contributed by atoms with E-state index in [-0.39, 0.29) is 18.2 Å². The maximum absolute atomic E-state index is 13.1. The van der Waals surface area contributed by atoms with Crippen molar-refractivity contribution in [2.24, 2.45) is 0 Å². The van der Waals surface area contributed by atoms with Crippen LogP contribution in [0.3, 0.4) is 0 Å². The van der Waals surface area contributed by atoms with Crippen LogP contribution in [-0.4, -0.2) is 19.7 Å². The van der Waals surface area contributed by atoms with E-state index in [1.54, 1.807) is 19.1 Å². The molecule has 4 aromatic rings. The van der Waals surface area contributed by atoms with Crippen LogP contribution >= 0.6 is 12.4 Å². The lowest BCUT2D eigenvalue weighted by molar-refractivity contribution is 0.388. The summed E-state index contributed by atoms with van der Waals surface area (Å²) in [5.74, 6) is 1.74. The van der Waals surface area contributed by atoms with Gasteiger partial charge in [-0.25, -0.2) is 9.37 Å². The summed E-state index contributed by atoms with van der Waals surface area (Å²) >= 11 is 0. The third-order valence-electron chi connectivity index (χ3n) is 3.87. The predicted molar refractivity (Wildman–Crippen MR) is 94.3 cm³/mol. The van der Waals surface area contributed by atoms with E-state index in [1.165, 1.54) is 12.1 Å². The van der Waals surface area contributed by atoms with Crippen LogP contribution in [0, 0.1) is 12.7 Å². The van der Waals surface area contributed by atoms with Gasteiger partial charge < -0.3 is 9.09 Å². The van der Waals surface area contributed by atoms with Gasteiger partial charge in [-0.15, -0.1) is 12.4 Å². The van der Waals surface area contributed by atoms with Gasteiger partial charge in [0.15, 0.2) is 5.82 Å². The first-order chi connectivity index (χ1) is 11.7. The molecular formula is C18H16ClFN4O. The van der Waals surface area contributed by atoms with Gasteiger partial charge in [0, 0.05) is 13.5 Å². The molecule has 4 rings (SSSR count). The highest BCUT2D eigenvalue weighted by atomic mass is 35.5. The molecule has 0 saturated heterocycles. The topological polar surface area (TPSA) is 56.7 Å². The summed E-state index contributed by atoms with van der Waals surface area (Å²) in [5.41, 5.74) is 2.94. The second-order valence-electron chi connectivity index (χ2n) is 5.64. The molecule has 0 aliphatic rings. The maximum atomic E-state index is 13.1. The molecular weight excluding hydrogens is 343 g/mol. The molecule has 128 valence electrons. The van der Waals surface area contributed by atoms with Crippen LogP contribution in [0.15, 0.2) is 53.1 Å². The molecule has 25 heavy (non-hydrogen) atoms. The van der Waals surface area contributed by atoms with E-state index in [1.807, 2.05) is 24.3 Å². The molecule has 0 saturated carbocycles. The Kier molecular flexibility index (Phi) is 4.81. The van der Waals surface area contributed by atoms with Crippen LogP contribution in [0.2, 0.25) is 0 Å². The second kappa shape index (κ2) is 7.03. The number of aryl methyl sites for hydroxylation is 1. The first-order valence-electron chi connectivity index (χ1n) is 7.67. The normalized spacial score (nSPS) is 10.8. The standard InChI is InChI=1S/C18H15FN4O.ClH/c1-12-20-17(22-24-12)10-18-21-15-4-2-3-5-16(15)23(18)11-13-6-8-14(19)9-7-13;/h2-9H,10-11H2,1H3;1H. The molecule has 0 amide bonds. The van der Waals surface area contributed by atoms with Gasteiger partial charge in [-0.05, 0) is 29.8 Å². The van der Waals surface area contributed by atoms with Gasteiger partial charge in [0.1, 0.15) is 11.6 Å². The number of hydrogen-bond donors (Lipinski definition) is 0. The van der Waals surface area contributed by atoms with E-state index < -0.39 is 0 Å². The van der Waals surface area contributed by atoms with Crippen LogP contribution in [-0.2, 0) is 13.0 Å². The van der Waals surface area contributed by atoms with Crippen molar-refractivity contribution in [3.8, 4) is 0 Å². The van der Waals surface area contributed by atoms with E-state index >= 15 is 0 Å². The molecule has 0 unspecified atom stereocenters. The Hall–Kier alpha value is -2.73. The molecule has 5 nitrogen and oxygen atoms in total. The monoisotopic (exact) mass is 358 g/mol. The zero-order valence-electron chi connectivity index (χ0n) is 13.5. The lowest BCUT2D eigenvalue weighted by Crippen LogP contribution is -2.07. The Morgan fingerprint density at radius 2 is 1.80 bits per heavy atom. The third kappa shape index (κ3) is 3.53. The molecule has 0 aliphatic carbocycles. The fourth-order valence-electron chi connectivity index (χ4n) is 2.76. The number of fused-ring (bicyclic) bond motifs is 1. The highest BCUT2D eigenvalue weighted by Gasteiger charge is 2.14. The van der Waals surface area contributed by atoms with Crippen molar-refractivity contribution in [3.63, 3.8) is 0 Å². The summed E-state index contributed by atoms with van der Waals surface area (Å²) in [6.07, 6.45) is 0.479. The number of imidazole rings is 1. The smallest absolute Gasteiger partial charge is 0.223 e. The molecule has 0 radical (unpaired) electrons. The largest absolute Gasteiger partial charge is 0.340 e. The van der Waals surface area contributed by atoms with Crippen molar-refractivity contribution >= 4 is 23.4 Å². The number of rotatable bonds is 4. The molecule has 7 heteroatoms. The van der Waals surface area contributed by atoms with Gasteiger partial charge in [0.2, 0.25) is 5.89 Å². The Morgan fingerprint density at radius 3 is 2.52 bits per heavy atom.